The average Bonchev–Trinajstić information content (AvgIpc) is 2.91. The number of hydrogen-bond acceptors (Lipinski definition) is 4. The van der Waals surface area contributed by atoms with Gasteiger partial charge < -0.3 is 11.1 Å². The smallest absolute Gasteiger partial charge is 0.270 e. The fourth-order valence-electron chi connectivity index (χ4n) is 1.67. The molecule has 0 fully saturated rings. The summed E-state index contributed by atoms with van der Waals surface area (Å²) in [7, 11) is 0. The van der Waals surface area contributed by atoms with Crippen LogP contribution in [0.3, 0.4) is 0 Å². The first-order chi connectivity index (χ1) is 9.70. The number of pyridine rings is 1. The molecule has 0 saturated heterocycles. The first-order valence-corrected chi connectivity index (χ1v) is 7.05. The molecule has 0 unspecified atom stereocenters. The molecule has 0 atom stereocenters. The minimum Gasteiger partial charge on any atom is -0.346 e. The lowest BCUT2D eigenvalue weighted by molar-refractivity contribution is 0.0945. The van der Waals surface area contributed by atoms with Crippen molar-refractivity contribution in [2.24, 2.45) is 5.73 Å². The number of nitrogens with two attached hydrogens (primary N) is 1. The predicted octanol–water partition coefficient (Wildman–Crippen LogP) is 1.69. The summed E-state index contributed by atoms with van der Waals surface area (Å²) in [4.78, 5) is 17.1. The lowest BCUT2D eigenvalue weighted by atomic mass is 10.2. The van der Waals surface area contributed by atoms with Gasteiger partial charge in [-0.3, -0.25) is 9.78 Å². The maximum atomic E-state index is 12.0. The van der Waals surface area contributed by atoms with Crippen LogP contribution in [-0.2, 0) is 6.54 Å². The maximum Gasteiger partial charge on any atom is 0.270 e. The second-order valence-corrected chi connectivity index (χ2v) is 5.15. The summed E-state index contributed by atoms with van der Waals surface area (Å²) >= 11 is 1.56. The topological polar surface area (TPSA) is 68.0 Å². The third kappa shape index (κ3) is 3.67. The highest BCUT2D eigenvalue weighted by atomic mass is 32.1. The van der Waals surface area contributed by atoms with Gasteiger partial charge in [0.1, 0.15) is 5.69 Å². The van der Waals surface area contributed by atoms with Gasteiger partial charge in [-0.15, -0.1) is 11.3 Å². The Hall–Kier alpha value is -2.16. The molecule has 2 heterocycles. The summed E-state index contributed by atoms with van der Waals surface area (Å²) in [5.41, 5.74) is 7.59. The van der Waals surface area contributed by atoms with E-state index in [0.29, 0.717) is 18.8 Å². The maximum absolute atomic E-state index is 12.0. The molecule has 3 N–H and O–H groups in total. The molecule has 0 aliphatic heterocycles. The summed E-state index contributed by atoms with van der Waals surface area (Å²) in [5.74, 6) is 5.61. The molecule has 5 heteroatoms. The van der Waals surface area contributed by atoms with E-state index < -0.39 is 0 Å². The second-order valence-electron chi connectivity index (χ2n) is 4.16. The summed E-state index contributed by atoms with van der Waals surface area (Å²) in [6.07, 6.45) is 1.62. The fourth-order valence-corrected chi connectivity index (χ4v) is 2.42. The van der Waals surface area contributed by atoms with E-state index in [2.05, 4.69) is 22.1 Å². The standard InChI is InChI=1S/C15H15N3OS/c1-11-4-3-7-17-14(11)15(19)18-9-13-8-12(10-20-13)5-2-6-16/h3-4,7-8,10H,6,9,16H2,1H3,(H,18,19). The quantitative estimate of drug-likeness (QED) is 0.843. The molecular weight excluding hydrogens is 270 g/mol. The number of aromatic nitrogens is 1. The Balaban J connectivity index is 1.97. The van der Waals surface area contributed by atoms with Crippen molar-refractivity contribution in [1.82, 2.24) is 10.3 Å². The number of carbonyl (C=O) groups excluding carboxylic acids is 1. The first-order valence-electron chi connectivity index (χ1n) is 6.17. The van der Waals surface area contributed by atoms with Crippen LogP contribution in [0.5, 0.6) is 0 Å². The molecule has 102 valence electrons. The number of hydrogen-bond donors (Lipinski definition) is 2. The Morgan fingerprint density at radius 2 is 2.40 bits per heavy atom. The molecule has 0 radical (unpaired) electrons. The van der Waals surface area contributed by atoms with Crippen LogP contribution in [0, 0.1) is 18.8 Å². The Labute approximate surface area is 122 Å². The van der Waals surface area contributed by atoms with Gasteiger partial charge in [0.25, 0.3) is 5.91 Å². The molecule has 0 bridgehead atoms. The molecule has 0 aromatic carbocycles. The minimum absolute atomic E-state index is 0.161. The Morgan fingerprint density at radius 3 is 3.15 bits per heavy atom. The molecule has 2 aromatic rings. The van der Waals surface area contributed by atoms with Crippen LogP contribution in [0.2, 0.25) is 0 Å². The van der Waals surface area contributed by atoms with E-state index in [4.69, 9.17) is 5.73 Å². The number of thiophene rings is 1. The molecule has 2 rings (SSSR count). The first kappa shape index (κ1) is 14.3. The predicted molar refractivity (Wildman–Crippen MR) is 80.4 cm³/mol. The Kier molecular flexibility index (Phi) is 4.88. The van der Waals surface area contributed by atoms with E-state index in [1.54, 1.807) is 17.5 Å². The van der Waals surface area contributed by atoms with Gasteiger partial charge in [0.15, 0.2) is 0 Å². The van der Waals surface area contributed by atoms with Gasteiger partial charge in [-0.25, -0.2) is 0 Å². The molecule has 4 nitrogen and oxygen atoms in total. The van der Waals surface area contributed by atoms with Crippen molar-refractivity contribution in [1.29, 1.82) is 0 Å². The van der Waals surface area contributed by atoms with Gasteiger partial charge in [0.2, 0.25) is 0 Å². The van der Waals surface area contributed by atoms with Crippen LogP contribution in [0.1, 0.15) is 26.5 Å². The van der Waals surface area contributed by atoms with E-state index in [9.17, 15) is 4.79 Å². The normalized spacial score (nSPS) is 9.70. The SMILES string of the molecule is Cc1cccnc1C(=O)NCc1cc(C#CCN)cs1. The lowest BCUT2D eigenvalue weighted by Crippen LogP contribution is -2.24. The van der Waals surface area contributed by atoms with E-state index in [0.717, 1.165) is 16.0 Å². The van der Waals surface area contributed by atoms with Crippen molar-refractivity contribution in [3.8, 4) is 11.8 Å². The highest BCUT2D eigenvalue weighted by Gasteiger charge is 2.09. The largest absolute Gasteiger partial charge is 0.346 e. The molecule has 0 spiro atoms. The van der Waals surface area contributed by atoms with Gasteiger partial charge >= 0.3 is 0 Å². The van der Waals surface area contributed by atoms with Gasteiger partial charge in [-0.2, -0.15) is 0 Å². The van der Waals surface area contributed by atoms with Gasteiger partial charge in [0.05, 0.1) is 13.1 Å². The van der Waals surface area contributed by atoms with Crippen LogP contribution in [-0.4, -0.2) is 17.4 Å². The summed E-state index contributed by atoms with van der Waals surface area (Å²) in [6, 6.07) is 5.64. The summed E-state index contributed by atoms with van der Waals surface area (Å²) < 4.78 is 0. The van der Waals surface area contributed by atoms with Crippen molar-refractivity contribution in [2.45, 2.75) is 13.5 Å². The lowest BCUT2D eigenvalue weighted by Gasteiger charge is -2.05. The number of nitrogens with one attached hydrogen (secondary N) is 1. The van der Waals surface area contributed by atoms with Crippen LogP contribution in [0.4, 0.5) is 0 Å². The third-order valence-corrected chi connectivity index (χ3v) is 3.57. The van der Waals surface area contributed by atoms with Crippen molar-refractivity contribution >= 4 is 17.2 Å². The average molecular weight is 285 g/mol. The van der Waals surface area contributed by atoms with Gasteiger partial charge in [-0.1, -0.05) is 17.9 Å². The molecule has 1 amide bonds. The fraction of sp³-hybridized carbons (Fsp3) is 0.200. The minimum atomic E-state index is -0.161. The third-order valence-electron chi connectivity index (χ3n) is 2.64. The Bertz CT molecular complexity index is 667. The monoisotopic (exact) mass is 285 g/mol. The van der Waals surface area contributed by atoms with E-state index in [1.807, 2.05) is 30.5 Å². The van der Waals surface area contributed by atoms with Gasteiger partial charge in [0, 0.05) is 22.0 Å². The van der Waals surface area contributed by atoms with Crippen LogP contribution in [0.15, 0.2) is 29.8 Å². The van der Waals surface area contributed by atoms with Crippen LogP contribution < -0.4 is 11.1 Å². The van der Waals surface area contributed by atoms with Crippen molar-refractivity contribution in [3.05, 3.63) is 51.5 Å². The molecule has 20 heavy (non-hydrogen) atoms. The van der Waals surface area contributed by atoms with Crippen LogP contribution in [0.25, 0.3) is 0 Å². The second kappa shape index (κ2) is 6.85. The number of aryl methyl sites for hydroxylation is 1. The zero-order chi connectivity index (χ0) is 14.4. The molecule has 0 saturated carbocycles. The number of amides is 1. The Morgan fingerprint density at radius 1 is 1.55 bits per heavy atom. The van der Waals surface area contributed by atoms with Crippen molar-refractivity contribution in [2.75, 3.05) is 6.54 Å². The molecule has 0 aliphatic rings. The summed E-state index contributed by atoms with van der Waals surface area (Å²) in [5, 5.41) is 4.82. The van der Waals surface area contributed by atoms with E-state index >= 15 is 0 Å². The number of carbonyl (C=O) groups is 1. The number of nitrogens with zero attached hydrogens (tertiary/aromatic N) is 1. The highest BCUT2D eigenvalue weighted by molar-refractivity contribution is 7.10. The number of rotatable bonds is 3. The highest BCUT2D eigenvalue weighted by Crippen LogP contribution is 2.13. The van der Waals surface area contributed by atoms with Gasteiger partial charge in [-0.05, 0) is 24.6 Å². The zero-order valence-corrected chi connectivity index (χ0v) is 12.0. The van der Waals surface area contributed by atoms with E-state index in [-0.39, 0.29) is 5.91 Å². The summed E-state index contributed by atoms with van der Waals surface area (Å²) in [6.45, 7) is 2.69. The molecule has 2 aromatic heterocycles. The molecular formula is C15H15N3OS. The van der Waals surface area contributed by atoms with Crippen molar-refractivity contribution < 1.29 is 4.79 Å². The van der Waals surface area contributed by atoms with Crippen molar-refractivity contribution in [3.63, 3.8) is 0 Å². The van der Waals surface area contributed by atoms with Crippen LogP contribution >= 0.6 is 11.3 Å². The zero-order valence-electron chi connectivity index (χ0n) is 11.1. The molecule has 0 aliphatic carbocycles. The van der Waals surface area contributed by atoms with E-state index in [1.165, 1.54) is 0 Å².